The van der Waals surface area contributed by atoms with Crippen LogP contribution in [0.5, 0.6) is 5.75 Å². The largest absolute Gasteiger partial charge is 0.488 e. The van der Waals surface area contributed by atoms with Crippen molar-refractivity contribution in [1.82, 2.24) is 0 Å². The minimum absolute atomic E-state index is 0.208. The molecule has 0 bridgehead atoms. The molecule has 0 heterocycles. The molecule has 0 saturated carbocycles. The lowest BCUT2D eigenvalue weighted by atomic mass is 10.1. The molecule has 1 rings (SSSR count). The molecule has 15 heavy (non-hydrogen) atoms. The first-order valence-corrected chi connectivity index (χ1v) is 5.15. The highest BCUT2D eigenvalue weighted by molar-refractivity contribution is 7.81. The van der Waals surface area contributed by atoms with E-state index in [0.717, 1.165) is 6.07 Å². The van der Waals surface area contributed by atoms with Crippen molar-refractivity contribution in [3.05, 3.63) is 29.3 Å². The molecule has 0 radical (unpaired) electrons. The second-order valence-corrected chi connectivity index (χ2v) is 3.77. The minimum Gasteiger partial charge on any atom is -0.366 e. The third-order valence-corrected chi connectivity index (χ3v) is 2.05. The van der Waals surface area contributed by atoms with E-state index in [1.165, 1.54) is 19.1 Å². The number of aryl methyl sites for hydroxylation is 1. The maximum atomic E-state index is 12.1. The van der Waals surface area contributed by atoms with Crippen molar-refractivity contribution in [2.24, 2.45) is 5.73 Å². The number of carbonyl (C=O) groups excluding carboxylic acids is 1. The summed E-state index contributed by atoms with van der Waals surface area (Å²) in [6.45, 7) is 1.53. The Hall–Kier alpha value is -1.63. The van der Waals surface area contributed by atoms with E-state index in [0.29, 0.717) is 5.56 Å². The second-order valence-electron chi connectivity index (χ2n) is 2.82. The topological polar surface area (TPSA) is 86.5 Å². The number of halogens is 1. The summed E-state index contributed by atoms with van der Waals surface area (Å²) in [7, 11) is -5.04. The molecule has 0 atom stereocenters. The van der Waals surface area contributed by atoms with Crippen molar-refractivity contribution >= 4 is 16.4 Å². The highest BCUT2D eigenvalue weighted by atomic mass is 32.3. The molecule has 82 valence electrons. The molecule has 1 aromatic rings. The highest BCUT2D eigenvalue weighted by Gasteiger charge is 2.11. The molecule has 0 aliphatic heterocycles. The molecule has 7 heteroatoms. The van der Waals surface area contributed by atoms with Crippen molar-refractivity contribution in [3.63, 3.8) is 0 Å². The van der Waals surface area contributed by atoms with Crippen LogP contribution in [0.1, 0.15) is 15.9 Å². The van der Waals surface area contributed by atoms with Gasteiger partial charge in [0.1, 0.15) is 5.75 Å². The van der Waals surface area contributed by atoms with Crippen LogP contribution >= 0.6 is 0 Å². The van der Waals surface area contributed by atoms with Gasteiger partial charge < -0.3 is 9.92 Å². The maximum absolute atomic E-state index is 12.1. The van der Waals surface area contributed by atoms with Gasteiger partial charge in [0.25, 0.3) is 0 Å². The predicted molar refractivity (Wildman–Crippen MR) is 50.4 cm³/mol. The molecular formula is C8H8FNO4S. The van der Waals surface area contributed by atoms with Gasteiger partial charge in [-0.25, -0.2) is 0 Å². The zero-order valence-electron chi connectivity index (χ0n) is 7.73. The number of primary amides is 1. The molecule has 0 aliphatic carbocycles. The Morgan fingerprint density at radius 3 is 2.47 bits per heavy atom. The first-order valence-electron chi connectivity index (χ1n) is 3.84. The van der Waals surface area contributed by atoms with E-state index < -0.39 is 16.4 Å². The third-order valence-electron chi connectivity index (χ3n) is 1.66. The van der Waals surface area contributed by atoms with Crippen LogP contribution in [0, 0.1) is 6.92 Å². The SMILES string of the molecule is Cc1cc(OS(=O)(=O)F)ccc1C(N)=O. The first-order chi connectivity index (χ1) is 6.79. The Morgan fingerprint density at radius 1 is 1.47 bits per heavy atom. The number of benzene rings is 1. The maximum Gasteiger partial charge on any atom is 0.488 e. The number of hydrogen-bond donors (Lipinski definition) is 1. The molecule has 1 amide bonds. The fourth-order valence-electron chi connectivity index (χ4n) is 1.08. The van der Waals surface area contributed by atoms with Gasteiger partial charge in [-0.05, 0) is 30.7 Å². The number of hydrogen-bond acceptors (Lipinski definition) is 4. The lowest BCUT2D eigenvalue weighted by Crippen LogP contribution is -2.12. The van der Waals surface area contributed by atoms with Gasteiger partial charge >= 0.3 is 10.5 Å². The predicted octanol–water partition coefficient (Wildman–Crippen LogP) is 0.687. The van der Waals surface area contributed by atoms with Crippen LogP contribution in [-0.4, -0.2) is 14.3 Å². The van der Waals surface area contributed by atoms with Crippen LogP contribution in [0.2, 0.25) is 0 Å². The molecule has 0 fully saturated rings. The van der Waals surface area contributed by atoms with Crippen LogP contribution < -0.4 is 9.92 Å². The molecule has 5 nitrogen and oxygen atoms in total. The standard InChI is InChI=1S/C8H8FNO4S/c1-5-4-6(14-15(9,12)13)2-3-7(5)8(10)11/h2-4H,1H3,(H2,10,11). The summed E-state index contributed by atoms with van der Waals surface area (Å²) >= 11 is 0. The Balaban J connectivity index is 3.07. The summed E-state index contributed by atoms with van der Waals surface area (Å²) in [5.74, 6) is -0.859. The molecular weight excluding hydrogens is 225 g/mol. The molecule has 0 aliphatic rings. The van der Waals surface area contributed by atoms with E-state index in [2.05, 4.69) is 4.18 Å². The Kier molecular flexibility index (Phi) is 2.94. The van der Waals surface area contributed by atoms with Crippen LogP contribution in [-0.2, 0) is 10.5 Å². The van der Waals surface area contributed by atoms with Gasteiger partial charge in [0, 0.05) is 5.56 Å². The number of amides is 1. The van der Waals surface area contributed by atoms with E-state index in [9.17, 15) is 17.1 Å². The molecule has 0 saturated heterocycles. The minimum atomic E-state index is -5.04. The van der Waals surface area contributed by atoms with Gasteiger partial charge in [-0.2, -0.15) is 8.42 Å². The van der Waals surface area contributed by atoms with Gasteiger partial charge in [-0.15, -0.1) is 0 Å². The van der Waals surface area contributed by atoms with Gasteiger partial charge in [0.05, 0.1) is 0 Å². The summed E-state index contributed by atoms with van der Waals surface area (Å²) in [6, 6.07) is 3.61. The monoisotopic (exact) mass is 233 g/mol. The quantitative estimate of drug-likeness (QED) is 0.778. The number of nitrogens with two attached hydrogens (primary N) is 1. The molecule has 2 N–H and O–H groups in total. The van der Waals surface area contributed by atoms with Crippen LogP contribution in [0.3, 0.4) is 0 Å². The molecule has 0 spiro atoms. The fourth-order valence-corrected chi connectivity index (χ4v) is 1.41. The average molecular weight is 233 g/mol. The zero-order valence-corrected chi connectivity index (χ0v) is 8.55. The van der Waals surface area contributed by atoms with E-state index in [1.54, 1.807) is 0 Å². The molecule has 0 aromatic heterocycles. The first kappa shape index (κ1) is 11.4. The van der Waals surface area contributed by atoms with E-state index in [4.69, 9.17) is 5.73 Å². The smallest absolute Gasteiger partial charge is 0.366 e. The Labute approximate surface area is 86.1 Å². The molecule has 0 unspecified atom stereocenters. The summed E-state index contributed by atoms with van der Waals surface area (Å²) in [4.78, 5) is 10.8. The van der Waals surface area contributed by atoms with E-state index in [-0.39, 0.29) is 11.3 Å². The van der Waals surface area contributed by atoms with E-state index >= 15 is 0 Å². The second kappa shape index (κ2) is 3.85. The van der Waals surface area contributed by atoms with Gasteiger partial charge in [-0.3, -0.25) is 4.79 Å². The van der Waals surface area contributed by atoms with Crippen LogP contribution in [0.25, 0.3) is 0 Å². The van der Waals surface area contributed by atoms with Crippen LogP contribution in [0.4, 0.5) is 3.89 Å². The molecule has 1 aromatic carbocycles. The zero-order chi connectivity index (χ0) is 11.6. The van der Waals surface area contributed by atoms with Crippen molar-refractivity contribution in [1.29, 1.82) is 0 Å². The summed E-state index contributed by atoms with van der Waals surface area (Å²) in [6.07, 6.45) is 0. The number of carbonyl (C=O) groups is 1. The number of rotatable bonds is 3. The summed E-state index contributed by atoms with van der Waals surface area (Å²) in [5.41, 5.74) is 5.65. The normalized spacial score (nSPS) is 11.1. The van der Waals surface area contributed by atoms with E-state index in [1.807, 2.05) is 0 Å². The fraction of sp³-hybridized carbons (Fsp3) is 0.125. The highest BCUT2D eigenvalue weighted by Crippen LogP contribution is 2.18. The summed E-state index contributed by atoms with van der Waals surface area (Å²) < 4.78 is 36.4. The Bertz CT molecular complexity index is 497. The van der Waals surface area contributed by atoms with Crippen molar-refractivity contribution in [2.45, 2.75) is 6.92 Å². The Morgan fingerprint density at radius 2 is 2.07 bits per heavy atom. The average Bonchev–Trinajstić information content (AvgIpc) is 1.99. The van der Waals surface area contributed by atoms with Crippen molar-refractivity contribution in [2.75, 3.05) is 0 Å². The van der Waals surface area contributed by atoms with Crippen molar-refractivity contribution < 1.29 is 21.3 Å². The summed E-state index contributed by atoms with van der Waals surface area (Å²) in [5, 5.41) is 0. The van der Waals surface area contributed by atoms with Crippen LogP contribution in [0.15, 0.2) is 18.2 Å². The van der Waals surface area contributed by atoms with Gasteiger partial charge in [0.15, 0.2) is 0 Å². The lowest BCUT2D eigenvalue weighted by Gasteiger charge is -2.04. The lowest BCUT2D eigenvalue weighted by molar-refractivity contribution is 0.0999. The van der Waals surface area contributed by atoms with Crippen molar-refractivity contribution in [3.8, 4) is 5.75 Å². The van der Waals surface area contributed by atoms with Gasteiger partial charge in [0.2, 0.25) is 5.91 Å². The third kappa shape index (κ3) is 3.21. The van der Waals surface area contributed by atoms with Gasteiger partial charge in [-0.1, -0.05) is 3.89 Å².